The van der Waals surface area contributed by atoms with Crippen LogP contribution in [0.3, 0.4) is 0 Å². The molecule has 7 heteroatoms. The zero-order chi connectivity index (χ0) is 20.4. The molecule has 2 aromatic rings. The van der Waals surface area contributed by atoms with Crippen molar-refractivity contribution in [3.8, 4) is 0 Å². The molecule has 0 aliphatic heterocycles. The lowest BCUT2D eigenvalue weighted by molar-refractivity contribution is -0.119. The third kappa shape index (κ3) is 7.29. The van der Waals surface area contributed by atoms with E-state index >= 15 is 0 Å². The van der Waals surface area contributed by atoms with Gasteiger partial charge < -0.3 is 16.0 Å². The molecule has 0 spiro atoms. The van der Waals surface area contributed by atoms with Crippen molar-refractivity contribution in [2.24, 2.45) is 0 Å². The smallest absolute Gasteiger partial charge is 0.251 e. The zero-order valence-corrected chi connectivity index (χ0v) is 17.3. The van der Waals surface area contributed by atoms with Gasteiger partial charge in [0.25, 0.3) is 5.91 Å². The number of anilines is 1. The number of carbonyl (C=O) groups excluding carboxylic acids is 2. The van der Waals surface area contributed by atoms with Gasteiger partial charge in [0, 0.05) is 29.2 Å². The highest BCUT2D eigenvalue weighted by Gasteiger charge is 2.08. The summed E-state index contributed by atoms with van der Waals surface area (Å²) in [6.45, 7) is 2.74. The predicted octanol–water partition coefficient (Wildman–Crippen LogP) is 4.32. The summed E-state index contributed by atoms with van der Waals surface area (Å²) >= 11 is 11.3. The molecule has 2 aromatic carbocycles. The number of hydrogen-bond acceptors (Lipinski definition) is 3. The molecule has 2 rings (SSSR count). The summed E-state index contributed by atoms with van der Waals surface area (Å²) in [5.41, 5.74) is 2.20. The van der Waals surface area contributed by atoms with E-state index in [9.17, 15) is 9.59 Å². The third-order valence-electron chi connectivity index (χ3n) is 4.05. The zero-order valence-electron chi connectivity index (χ0n) is 15.8. The van der Waals surface area contributed by atoms with Gasteiger partial charge in [0.15, 0.2) is 5.11 Å². The molecule has 0 radical (unpaired) electrons. The van der Waals surface area contributed by atoms with Crippen molar-refractivity contribution in [2.75, 3.05) is 11.9 Å². The van der Waals surface area contributed by atoms with Crippen molar-refractivity contribution < 1.29 is 9.59 Å². The maximum absolute atomic E-state index is 12.1. The van der Waals surface area contributed by atoms with E-state index in [1.807, 2.05) is 18.2 Å². The lowest BCUT2D eigenvalue weighted by Crippen LogP contribution is -2.34. The van der Waals surface area contributed by atoms with Crippen molar-refractivity contribution >= 4 is 46.4 Å². The van der Waals surface area contributed by atoms with Crippen LogP contribution < -0.4 is 16.0 Å². The Labute approximate surface area is 175 Å². The molecule has 0 aliphatic carbocycles. The number of nitrogens with one attached hydrogen (secondary N) is 3. The monoisotopic (exact) mass is 417 g/mol. The molecular formula is C21H24ClN3O2S. The van der Waals surface area contributed by atoms with Crippen LogP contribution in [0.5, 0.6) is 0 Å². The summed E-state index contributed by atoms with van der Waals surface area (Å²) in [5, 5.41) is 9.32. The molecule has 0 heterocycles. The Morgan fingerprint density at radius 3 is 2.46 bits per heavy atom. The Morgan fingerprint density at radius 2 is 1.79 bits per heavy atom. The molecule has 0 unspecified atom stereocenters. The van der Waals surface area contributed by atoms with Crippen molar-refractivity contribution in [3.05, 3.63) is 64.7 Å². The van der Waals surface area contributed by atoms with E-state index in [1.54, 1.807) is 30.3 Å². The maximum atomic E-state index is 12.1. The van der Waals surface area contributed by atoms with E-state index in [2.05, 4.69) is 22.9 Å². The van der Waals surface area contributed by atoms with Gasteiger partial charge in [0.05, 0.1) is 0 Å². The van der Waals surface area contributed by atoms with Gasteiger partial charge in [0.2, 0.25) is 5.91 Å². The van der Waals surface area contributed by atoms with E-state index in [0.717, 1.165) is 18.4 Å². The van der Waals surface area contributed by atoms with Crippen molar-refractivity contribution in [1.82, 2.24) is 10.6 Å². The van der Waals surface area contributed by atoms with Crippen LogP contribution in [0.15, 0.2) is 48.5 Å². The Bertz CT molecular complexity index is 825. The van der Waals surface area contributed by atoms with Crippen LogP contribution in [-0.2, 0) is 11.2 Å². The Balaban J connectivity index is 1.78. The largest absolute Gasteiger partial charge is 0.352 e. The Morgan fingerprint density at radius 1 is 1.07 bits per heavy atom. The minimum atomic E-state index is -0.190. The number of carbonyl (C=O) groups is 2. The molecule has 0 saturated carbocycles. The SMILES string of the molecule is CCCCNC(=O)c1ccc(NC(=S)NC(=O)CCc2ccccc2Cl)cc1. The summed E-state index contributed by atoms with van der Waals surface area (Å²) in [6.07, 6.45) is 2.80. The van der Waals surface area contributed by atoms with Crippen LogP contribution >= 0.6 is 23.8 Å². The fourth-order valence-electron chi connectivity index (χ4n) is 2.49. The molecule has 3 N–H and O–H groups in total. The fraction of sp³-hybridized carbons (Fsp3) is 0.286. The first kappa shape index (κ1) is 21.9. The first-order valence-electron chi connectivity index (χ1n) is 9.22. The summed E-state index contributed by atoms with van der Waals surface area (Å²) in [7, 11) is 0. The highest BCUT2D eigenvalue weighted by molar-refractivity contribution is 7.80. The van der Waals surface area contributed by atoms with Crippen LogP contribution in [0.25, 0.3) is 0 Å². The minimum absolute atomic E-state index is 0.101. The predicted molar refractivity (Wildman–Crippen MR) is 118 cm³/mol. The summed E-state index contributed by atoms with van der Waals surface area (Å²) in [4.78, 5) is 24.0. The van der Waals surface area contributed by atoms with E-state index in [0.29, 0.717) is 29.2 Å². The van der Waals surface area contributed by atoms with Gasteiger partial charge in [-0.1, -0.05) is 43.1 Å². The van der Waals surface area contributed by atoms with Crippen LogP contribution in [0.1, 0.15) is 42.1 Å². The van der Waals surface area contributed by atoms with E-state index < -0.39 is 0 Å². The van der Waals surface area contributed by atoms with Gasteiger partial charge in [-0.15, -0.1) is 0 Å². The summed E-state index contributed by atoms with van der Waals surface area (Å²) < 4.78 is 0. The number of aryl methyl sites for hydroxylation is 1. The molecule has 0 bridgehead atoms. The lowest BCUT2D eigenvalue weighted by Gasteiger charge is -2.11. The third-order valence-corrected chi connectivity index (χ3v) is 4.63. The van der Waals surface area contributed by atoms with Gasteiger partial charge in [-0.3, -0.25) is 9.59 Å². The van der Waals surface area contributed by atoms with Crippen molar-refractivity contribution in [2.45, 2.75) is 32.6 Å². The van der Waals surface area contributed by atoms with Crippen LogP contribution in [0, 0.1) is 0 Å². The van der Waals surface area contributed by atoms with Gasteiger partial charge >= 0.3 is 0 Å². The topological polar surface area (TPSA) is 70.2 Å². The molecule has 5 nitrogen and oxygen atoms in total. The molecule has 148 valence electrons. The standard InChI is InChI=1S/C21H24ClN3O2S/c1-2-3-14-23-20(27)16-8-11-17(12-9-16)24-21(28)25-19(26)13-10-15-6-4-5-7-18(15)22/h4-9,11-12H,2-3,10,13-14H2,1H3,(H,23,27)(H2,24,25,26,28). The first-order valence-corrected chi connectivity index (χ1v) is 10.0. The summed E-state index contributed by atoms with van der Waals surface area (Å²) in [5.74, 6) is -0.292. The van der Waals surface area contributed by atoms with E-state index in [-0.39, 0.29) is 23.3 Å². The van der Waals surface area contributed by atoms with Crippen LogP contribution in [-0.4, -0.2) is 23.5 Å². The van der Waals surface area contributed by atoms with Gasteiger partial charge in [-0.25, -0.2) is 0 Å². The Kier molecular flexibility index (Phi) is 8.91. The van der Waals surface area contributed by atoms with Gasteiger partial charge in [-0.2, -0.15) is 0 Å². The molecule has 2 amide bonds. The number of halogens is 1. The molecule has 0 aromatic heterocycles. The van der Waals surface area contributed by atoms with E-state index in [1.165, 1.54) is 0 Å². The fourth-order valence-corrected chi connectivity index (χ4v) is 2.95. The second-order valence-corrected chi connectivity index (χ2v) is 7.10. The quantitative estimate of drug-likeness (QED) is 0.442. The average molecular weight is 418 g/mol. The number of thiocarbonyl (C=S) groups is 1. The highest BCUT2D eigenvalue weighted by Crippen LogP contribution is 2.16. The molecule has 0 atom stereocenters. The van der Waals surface area contributed by atoms with Crippen molar-refractivity contribution in [3.63, 3.8) is 0 Å². The second kappa shape index (κ2) is 11.4. The number of hydrogen-bond donors (Lipinski definition) is 3. The maximum Gasteiger partial charge on any atom is 0.251 e. The minimum Gasteiger partial charge on any atom is -0.352 e. The normalized spacial score (nSPS) is 10.2. The van der Waals surface area contributed by atoms with Crippen LogP contribution in [0.4, 0.5) is 5.69 Å². The molecule has 28 heavy (non-hydrogen) atoms. The van der Waals surface area contributed by atoms with Crippen molar-refractivity contribution in [1.29, 1.82) is 0 Å². The Hall–Kier alpha value is -2.44. The summed E-state index contributed by atoms with van der Waals surface area (Å²) in [6, 6.07) is 14.4. The van der Waals surface area contributed by atoms with Gasteiger partial charge in [0.1, 0.15) is 0 Å². The number of benzene rings is 2. The van der Waals surface area contributed by atoms with Crippen LogP contribution in [0.2, 0.25) is 5.02 Å². The first-order chi connectivity index (χ1) is 13.5. The number of amides is 2. The van der Waals surface area contributed by atoms with Gasteiger partial charge in [-0.05, 0) is 61.0 Å². The second-order valence-electron chi connectivity index (χ2n) is 6.28. The lowest BCUT2D eigenvalue weighted by atomic mass is 10.1. The number of unbranched alkanes of at least 4 members (excludes halogenated alkanes) is 1. The average Bonchev–Trinajstić information content (AvgIpc) is 2.68. The molecule has 0 saturated heterocycles. The molecule has 0 fully saturated rings. The molecular weight excluding hydrogens is 394 g/mol. The van der Waals surface area contributed by atoms with E-state index in [4.69, 9.17) is 23.8 Å². The molecule has 0 aliphatic rings. The highest BCUT2D eigenvalue weighted by atomic mass is 35.5. The number of rotatable bonds is 8.